The van der Waals surface area contributed by atoms with Gasteiger partial charge in [-0.2, -0.15) is 18.2 Å². The highest BCUT2D eigenvalue weighted by atomic mass is 19.4. The van der Waals surface area contributed by atoms with E-state index in [1.807, 2.05) is 11.8 Å². The minimum Gasteiger partial charge on any atom is -0.399 e. The van der Waals surface area contributed by atoms with Gasteiger partial charge >= 0.3 is 6.18 Å². The average Bonchev–Trinajstić information content (AvgIpc) is 3.13. The number of rotatable bonds is 3. The third-order valence-electron chi connectivity index (χ3n) is 6.63. The van der Waals surface area contributed by atoms with Crippen LogP contribution in [0.15, 0.2) is 23.2 Å². The number of carbonyl (C=O) groups is 1. The summed E-state index contributed by atoms with van der Waals surface area (Å²) in [7, 11) is 0. The molecule has 3 aliphatic rings. The summed E-state index contributed by atoms with van der Waals surface area (Å²) >= 11 is 0. The fourth-order valence-electron chi connectivity index (χ4n) is 4.45. The normalized spacial score (nSPS) is 20.0. The van der Waals surface area contributed by atoms with Gasteiger partial charge in [-0.3, -0.25) is 9.79 Å². The van der Waals surface area contributed by atoms with Crippen molar-refractivity contribution >= 4 is 17.5 Å². The van der Waals surface area contributed by atoms with Crippen molar-refractivity contribution in [2.45, 2.75) is 58.5 Å². The molecule has 1 saturated carbocycles. The van der Waals surface area contributed by atoms with Crippen LogP contribution in [0.5, 0.6) is 0 Å². The Morgan fingerprint density at radius 1 is 1.28 bits per heavy atom. The molecule has 3 heterocycles. The number of nitrogen functional groups attached to an aromatic ring is 1. The molecule has 2 aliphatic heterocycles. The molecule has 1 aliphatic carbocycles. The lowest BCUT2D eigenvalue weighted by Gasteiger charge is -2.19. The molecule has 1 amide bonds. The summed E-state index contributed by atoms with van der Waals surface area (Å²) in [5, 5.41) is 3.23. The molecule has 1 aromatic carbocycles. The van der Waals surface area contributed by atoms with Gasteiger partial charge in [0, 0.05) is 35.4 Å². The number of benzene rings is 1. The van der Waals surface area contributed by atoms with Crippen LogP contribution in [0.1, 0.15) is 55.1 Å². The van der Waals surface area contributed by atoms with Crippen molar-refractivity contribution in [3.8, 4) is 0 Å². The lowest BCUT2D eigenvalue weighted by Crippen LogP contribution is -2.32. The molecule has 0 radical (unpaired) electrons. The van der Waals surface area contributed by atoms with E-state index in [0.717, 1.165) is 49.3 Å². The summed E-state index contributed by atoms with van der Waals surface area (Å²) in [6, 6.07) is 2.92. The number of aromatic nitrogens is 2. The number of hydrogen-bond acceptors (Lipinski definition) is 5. The van der Waals surface area contributed by atoms with Crippen molar-refractivity contribution in [2.24, 2.45) is 10.4 Å². The molecule has 1 atom stereocenters. The summed E-state index contributed by atoms with van der Waals surface area (Å²) < 4.78 is 41.8. The van der Waals surface area contributed by atoms with Crippen LogP contribution in [0, 0.1) is 5.41 Å². The van der Waals surface area contributed by atoms with E-state index in [-0.39, 0.29) is 17.0 Å². The number of nitrogens with one attached hydrogen (secondary N) is 1. The highest BCUT2D eigenvalue weighted by molar-refractivity contribution is 5.85. The molecule has 2 aromatic rings. The second kappa shape index (κ2) is 6.98. The van der Waals surface area contributed by atoms with E-state index in [9.17, 15) is 18.0 Å². The molecule has 5 rings (SSSR count). The molecule has 0 spiro atoms. The van der Waals surface area contributed by atoms with Crippen LogP contribution < -0.4 is 16.5 Å². The van der Waals surface area contributed by atoms with Crippen molar-refractivity contribution in [2.75, 3.05) is 17.6 Å². The van der Waals surface area contributed by atoms with Gasteiger partial charge in [-0.1, -0.05) is 6.92 Å². The predicted molar refractivity (Wildman–Crippen MR) is 112 cm³/mol. The first-order valence-corrected chi connectivity index (χ1v) is 10.7. The number of hydrogen-bond donors (Lipinski definition) is 2. The smallest absolute Gasteiger partial charge is 0.399 e. The van der Waals surface area contributed by atoms with Crippen molar-refractivity contribution in [1.82, 2.24) is 14.5 Å². The van der Waals surface area contributed by atoms with E-state index < -0.39 is 17.8 Å². The summed E-state index contributed by atoms with van der Waals surface area (Å²) in [5.74, 6) is 0.809. The van der Waals surface area contributed by atoms with Gasteiger partial charge in [0.05, 0.1) is 24.7 Å². The minimum absolute atomic E-state index is 0.0377. The molecule has 32 heavy (non-hydrogen) atoms. The van der Waals surface area contributed by atoms with Crippen molar-refractivity contribution in [3.05, 3.63) is 46.1 Å². The molecule has 1 unspecified atom stereocenters. The summed E-state index contributed by atoms with van der Waals surface area (Å²) in [6.45, 7) is 6.10. The van der Waals surface area contributed by atoms with Crippen LogP contribution in [0.2, 0.25) is 0 Å². The Bertz CT molecular complexity index is 1180. The maximum absolute atomic E-state index is 13.2. The van der Waals surface area contributed by atoms with Crippen LogP contribution in [-0.4, -0.2) is 26.9 Å². The highest BCUT2D eigenvalue weighted by Crippen LogP contribution is 2.47. The Labute approximate surface area is 183 Å². The number of fused-ring (bicyclic) bond motifs is 3. The van der Waals surface area contributed by atoms with Gasteiger partial charge in [0.25, 0.3) is 0 Å². The van der Waals surface area contributed by atoms with E-state index in [4.69, 9.17) is 5.73 Å². The second-order valence-corrected chi connectivity index (χ2v) is 9.18. The van der Waals surface area contributed by atoms with Crippen molar-refractivity contribution < 1.29 is 18.0 Å². The summed E-state index contributed by atoms with van der Waals surface area (Å²) in [5.41, 5.74) is 7.38. The number of nitrogens with two attached hydrogens (primary N) is 1. The number of nitrogens with zero attached hydrogens (tertiary/aromatic N) is 4. The van der Waals surface area contributed by atoms with Crippen LogP contribution in [-0.2, 0) is 30.6 Å². The molecule has 3 N–H and O–H groups in total. The summed E-state index contributed by atoms with van der Waals surface area (Å²) in [4.78, 5) is 24.1. The van der Waals surface area contributed by atoms with E-state index in [2.05, 4.69) is 19.9 Å². The Morgan fingerprint density at radius 3 is 2.72 bits per heavy atom. The predicted octanol–water partition coefficient (Wildman–Crippen LogP) is 3.21. The Morgan fingerprint density at radius 2 is 2.03 bits per heavy atom. The standard InChI is InChI=1S/C22H25F3N6O/c1-12(13-7-14(22(23,24)25)9-15(26)8-13)28-18-16-10-30(19(32)21(2)3-4-21)11-17(16)31-6-5-27-20(31)29-18/h7-9,12H,3-6,10-11,26H2,1-2H3,(H,27,28,29). The van der Waals surface area contributed by atoms with Gasteiger partial charge in [0.15, 0.2) is 5.49 Å². The highest BCUT2D eigenvalue weighted by Gasteiger charge is 2.48. The molecule has 7 nitrogen and oxygen atoms in total. The zero-order chi connectivity index (χ0) is 22.8. The largest absolute Gasteiger partial charge is 0.416 e. The van der Waals surface area contributed by atoms with Crippen LogP contribution in [0.3, 0.4) is 0 Å². The minimum atomic E-state index is -4.49. The molecule has 170 valence electrons. The van der Waals surface area contributed by atoms with Crippen LogP contribution >= 0.6 is 0 Å². The van der Waals surface area contributed by atoms with Crippen molar-refractivity contribution in [3.63, 3.8) is 0 Å². The molecule has 0 saturated heterocycles. The quantitative estimate of drug-likeness (QED) is 0.709. The number of anilines is 2. The Hall–Kier alpha value is -3.04. The van der Waals surface area contributed by atoms with E-state index >= 15 is 0 Å². The molecule has 10 heteroatoms. The number of amides is 1. The van der Waals surface area contributed by atoms with E-state index in [1.165, 1.54) is 6.07 Å². The van der Waals surface area contributed by atoms with Gasteiger partial charge in [-0.05, 0) is 43.5 Å². The maximum Gasteiger partial charge on any atom is 0.416 e. The maximum atomic E-state index is 13.2. The zero-order valence-electron chi connectivity index (χ0n) is 18.0. The third-order valence-corrected chi connectivity index (χ3v) is 6.63. The van der Waals surface area contributed by atoms with Gasteiger partial charge in [-0.15, -0.1) is 0 Å². The van der Waals surface area contributed by atoms with Gasteiger partial charge in [0.1, 0.15) is 0 Å². The van der Waals surface area contributed by atoms with E-state index in [0.29, 0.717) is 30.1 Å². The molecule has 0 bridgehead atoms. The number of alkyl halides is 3. The fraction of sp³-hybridized carbons (Fsp3) is 0.500. The number of carbonyl (C=O) groups excluding carboxylic acids is 1. The topological polar surface area (TPSA) is 88.5 Å². The Balaban J connectivity index is 1.55. The lowest BCUT2D eigenvalue weighted by molar-refractivity contribution is -0.138. The third kappa shape index (κ3) is 3.51. The Kier molecular flexibility index (Phi) is 4.55. The van der Waals surface area contributed by atoms with Crippen LogP contribution in [0.25, 0.3) is 0 Å². The monoisotopic (exact) mass is 446 g/mol. The first-order chi connectivity index (χ1) is 15.0. The average molecular weight is 446 g/mol. The number of halogens is 3. The first kappa shape index (κ1) is 20.8. The molecular weight excluding hydrogens is 421 g/mol. The van der Waals surface area contributed by atoms with Crippen LogP contribution in [0.4, 0.5) is 24.8 Å². The van der Waals surface area contributed by atoms with Gasteiger partial charge in [-0.25, -0.2) is 0 Å². The first-order valence-electron chi connectivity index (χ1n) is 10.7. The second-order valence-electron chi connectivity index (χ2n) is 9.18. The molecular formula is C22H25F3N6O. The van der Waals surface area contributed by atoms with Crippen molar-refractivity contribution in [1.29, 1.82) is 0 Å². The molecule has 1 fully saturated rings. The van der Waals surface area contributed by atoms with E-state index in [1.54, 1.807) is 6.92 Å². The lowest BCUT2D eigenvalue weighted by atomic mass is 10.0. The van der Waals surface area contributed by atoms with Gasteiger partial charge in [0.2, 0.25) is 11.9 Å². The molecule has 1 aromatic heterocycles. The summed E-state index contributed by atoms with van der Waals surface area (Å²) in [6.07, 6.45) is -2.69. The fourth-order valence-corrected chi connectivity index (χ4v) is 4.45. The van der Waals surface area contributed by atoms with Gasteiger partial charge < -0.3 is 20.5 Å². The zero-order valence-corrected chi connectivity index (χ0v) is 18.0. The SMILES string of the molecule is CC(N=c1nc2n(c3c1CN(C(=O)C1(C)CC1)C3)CCN2)c1cc(N)cc(C(F)(F)F)c1.